The summed E-state index contributed by atoms with van der Waals surface area (Å²) < 4.78 is 10.4. The van der Waals surface area contributed by atoms with Crippen LogP contribution in [0.4, 0.5) is 5.69 Å². The van der Waals surface area contributed by atoms with Gasteiger partial charge in [-0.2, -0.15) is 4.98 Å². The van der Waals surface area contributed by atoms with Gasteiger partial charge in [-0.1, -0.05) is 23.4 Å². The molecular weight excluding hydrogens is 344 g/mol. The van der Waals surface area contributed by atoms with E-state index in [4.69, 9.17) is 8.94 Å². The standard InChI is InChI=1S/C20H24N4O3/c1-15(24(2)16-8-4-3-5-9-16)14-21-18(25)11-6-12-19-22-20(23-27-19)17-10-7-13-26-17/h3-5,7-10,13,15H,6,11-12,14H2,1-2H3,(H,21,25)/t15-/m1/s1. The quantitative estimate of drug-likeness (QED) is 0.624. The molecule has 0 saturated carbocycles. The first-order valence-electron chi connectivity index (χ1n) is 9.04. The molecule has 7 nitrogen and oxygen atoms in total. The fourth-order valence-corrected chi connectivity index (χ4v) is 2.67. The Bertz CT molecular complexity index is 830. The maximum atomic E-state index is 12.1. The van der Waals surface area contributed by atoms with E-state index >= 15 is 0 Å². The van der Waals surface area contributed by atoms with Gasteiger partial charge in [-0.25, -0.2) is 0 Å². The van der Waals surface area contributed by atoms with E-state index in [-0.39, 0.29) is 11.9 Å². The van der Waals surface area contributed by atoms with Gasteiger partial charge in [-0.3, -0.25) is 4.79 Å². The average Bonchev–Trinajstić information content (AvgIpc) is 3.38. The van der Waals surface area contributed by atoms with Crippen LogP contribution in [-0.2, 0) is 11.2 Å². The normalized spacial score (nSPS) is 11.9. The molecule has 1 aromatic carbocycles. The number of anilines is 1. The van der Waals surface area contributed by atoms with Crippen molar-refractivity contribution in [1.82, 2.24) is 15.5 Å². The number of aromatic nitrogens is 2. The average molecular weight is 368 g/mol. The number of carbonyl (C=O) groups excluding carboxylic acids is 1. The van der Waals surface area contributed by atoms with E-state index in [1.54, 1.807) is 18.4 Å². The van der Waals surface area contributed by atoms with Crippen molar-refractivity contribution >= 4 is 11.6 Å². The van der Waals surface area contributed by atoms with Crippen molar-refractivity contribution in [3.63, 3.8) is 0 Å². The van der Waals surface area contributed by atoms with Crippen LogP contribution >= 0.6 is 0 Å². The molecule has 27 heavy (non-hydrogen) atoms. The summed E-state index contributed by atoms with van der Waals surface area (Å²) in [6, 6.07) is 13.9. The number of likely N-dealkylation sites (N-methyl/N-ethyl adjacent to an activating group) is 1. The number of rotatable bonds is 9. The van der Waals surface area contributed by atoms with Crippen LogP contribution in [0, 0.1) is 0 Å². The fourth-order valence-electron chi connectivity index (χ4n) is 2.67. The lowest BCUT2D eigenvalue weighted by molar-refractivity contribution is -0.121. The second-order valence-corrected chi connectivity index (χ2v) is 6.44. The van der Waals surface area contributed by atoms with Gasteiger partial charge < -0.3 is 19.2 Å². The summed E-state index contributed by atoms with van der Waals surface area (Å²) in [7, 11) is 2.03. The number of benzene rings is 1. The van der Waals surface area contributed by atoms with Gasteiger partial charge in [0, 0.05) is 38.2 Å². The van der Waals surface area contributed by atoms with Gasteiger partial charge in [0.25, 0.3) is 0 Å². The molecule has 0 aliphatic rings. The van der Waals surface area contributed by atoms with Gasteiger partial charge >= 0.3 is 0 Å². The Labute approximate surface area is 158 Å². The predicted molar refractivity (Wildman–Crippen MR) is 102 cm³/mol. The number of amides is 1. The molecule has 0 aliphatic heterocycles. The molecule has 1 atom stereocenters. The van der Waals surface area contributed by atoms with Crippen LogP contribution in [-0.4, -0.2) is 35.7 Å². The molecule has 0 bridgehead atoms. The minimum absolute atomic E-state index is 0.0223. The Balaban J connectivity index is 1.37. The Kier molecular flexibility index (Phi) is 6.25. The highest BCUT2D eigenvalue weighted by Gasteiger charge is 2.13. The third-order valence-electron chi connectivity index (χ3n) is 4.42. The highest BCUT2D eigenvalue weighted by molar-refractivity contribution is 5.75. The van der Waals surface area contributed by atoms with E-state index < -0.39 is 0 Å². The summed E-state index contributed by atoms with van der Waals surface area (Å²) in [6.07, 6.45) is 3.18. The number of aryl methyl sites for hydroxylation is 1. The van der Waals surface area contributed by atoms with Crippen LogP contribution in [0.15, 0.2) is 57.7 Å². The van der Waals surface area contributed by atoms with Crippen molar-refractivity contribution < 1.29 is 13.7 Å². The first-order valence-corrected chi connectivity index (χ1v) is 9.04. The summed E-state index contributed by atoms with van der Waals surface area (Å²) >= 11 is 0. The number of nitrogens with zero attached hydrogens (tertiary/aromatic N) is 3. The molecule has 3 aromatic rings. The molecule has 1 amide bonds. The molecular formula is C20H24N4O3. The Hall–Kier alpha value is -3.09. The molecule has 0 fully saturated rings. The summed E-state index contributed by atoms with van der Waals surface area (Å²) in [4.78, 5) is 18.5. The van der Waals surface area contributed by atoms with Crippen LogP contribution < -0.4 is 10.2 Å². The van der Waals surface area contributed by atoms with Crippen molar-refractivity contribution in [2.24, 2.45) is 0 Å². The van der Waals surface area contributed by atoms with E-state index in [0.29, 0.717) is 43.3 Å². The molecule has 0 spiro atoms. The van der Waals surface area contributed by atoms with Gasteiger partial charge in [0.05, 0.1) is 6.26 Å². The molecule has 0 radical (unpaired) electrons. The SMILES string of the molecule is C[C@H](CNC(=O)CCCc1nc(-c2ccco2)no1)N(C)c1ccccc1. The number of carbonyl (C=O) groups is 1. The molecule has 7 heteroatoms. The number of hydrogen-bond acceptors (Lipinski definition) is 6. The predicted octanol–water partition coefficient (Wildman–Crippen LogP) is 3.29. The van der Waals surface area contributed by atoms with Crippen LogP contribution in [0.1, 0.15) is 25.7 Å². The van der Waals surface area contributed by atoms with E-state index in [9.17, 15) is 4.79 Å². The molecule has 2 heterocycles. The Morgan fingerprint density at radius 3 is 2.78 bits per heavy atom. The highest BCUT2D eigenvalue weighted by atomic mass is 16.5. The third-order valence-corrected chi connectivity index (χ3v) is 4.42. The zero-order valence-corrected chi connectivity index (χ0v) is 15.6. The van der Waals surface area contributed by atoms with Crippen molar-refractivity contribution in [2.75, 3.05) is 18.5 Å². The smallest absolute Gasteiger partial charge is 0.238 e. The van der Waals surface area contributed by atoms with Crippen LogP contribution in [0.3, 0.4) is 0 Å². The van der Waals surface area contributed by atoms with E-state index in [0.717, 1.165) is 5.69 Å². The summed E-state index contributed by atoms with van der Waals surface area (Å²) in [5.74, 6) is 1.52. The molecule has 0 saturated heterocycles. The first-order chi connectivity index (χ1) is 13.1. The van der Waals surface area contributed by atoms with Crippen molar-refractivity contribution in [3.8, 4) is 11.6 Å². The zero-order valence-electron chi connectivity index (χ0n) is 15.6. The minimum atomic E-state index is 0.0223. The van der Waals surface area contributed by atoms with E-state index in [2.05, 4.69) is 39.4 Å². The van der Waals surface area contributed by atoms with Crippen LogP contribution in [0.5, 0.6) is 0 Å². The minimum Gasteiger partial charge on any atom is -0.461 e. The van der Waals surface area contributed by atoms with Gasteiger partial charge in [0.15, 0.2) is 5.76 Å². The lowest BCUT2D eigenvalue weighted by atomic mass is 10.2. The number of nitrogens with one attached hydrogen (secondary N) is 1. The first kappa shape index (κ1) is 18.7. The number of para-hydroxylation sites is 1. The summed E-state index contributed by atoms with van der Waals surface area (Å²) in [5, 5.41) is 6.86. The maximum Gasteiger partial charge on any atom is 0.238 e. The number of furan rings is 1. The summed E-state index contributed by atoms with van der Waals surface area (Å²) in [5.41, 5.74) is 1.13. The third kappa shape index (κ3) is 5.20. The zero-order chi connectivity index (χ0) is 19.1. The highest BCUT2D eigenvalue weighted by Crippen LogP contribution is 2.16. The molecule has 3 rings (SSSR count). The van der Waals surface area contributed by atoms with Gasteiger partial charge in [0.2, 0.25) is 17.6 Å². The Morgan fingerprint density at radius 2 is 2.04 bits per heavy atom. The Morgan fingerprint density at radius 1 is 1.22 bits per heavy atom. The monoisotopic (exact) mass is 368 g/mol. The van der Waals surface area contributed by atoms with Gasteiger partial charge in [-0.15, -0.1) is 0 Å². The molecule has 0 aliphatic carbocycles. The molecule has 142 valence electrons. The number of hydrogen-bond donors (Lipinski definition) is 1. The van der Waals surface area contributed by atoms with Crippen LogP contribution in [0.2, 0.25) is 0 Å². The second-order valence-electron chi connectivity index (χ2n) is 6.44. The molecule has 0 unspecified atom stereocenters. The topological polar surface area (TPSA) is 84.4 Å². The molecule has 1 N–H and O–H groups in total. The van der Waals surface area contributed by atoms with Crippen molar-refractivity contribution in [3.05, 3.63) is 54.6 Å². The van der Waals surface area contributed by atoms with Gasteiger partial charge in [-0.05, 0) is 37.6 Å². The van der Waals surface area contributed by atoms with E-state index in [1.807, 2.05) is 25.2 Å². The van der Waals surface area contributed by atoms with Gasteiger partial charge in [0.1, 0.15) is 0 Å². The van der Waals surface area contributed by atoms with Crippen molar-refractivity contribution in [1.29, 1.82) is 0 Å². The summed E-state index contributed by atoms with van der Waals surface area (Å²) in [6.45, 7) is 2.68. The lowest BCUT2D eigenvalue weighted by Crippen LogP contribution is -2.40. The van der Waals surface area contributed by atoms with E-state index in [1.165, 1.54) is 0 Å². The maximum absolute atomic E-state index is 12.1. The second kappa shape index (κ2) is 9.02. The lowest BCUT2D eigenvalue weighted by Gasteiger charge is -2.27. The largest absolute Gasteiger partial charge is 0.461 e. The fraction of sp³-hybridized carbons (Fsp3) is 0.350. The molecule has 2 aromatic heterocycles. The van der Waals surface area contributed by atoms with Crippen molar-refractivity contribution in [2.45, 2.75) is 32.2 Å². The van der Waals surface area contributed by atoms with Crippen LogP contribution in [0.25, 0.3) is 11.6 Å².